The van der Waals surface area contributed by atoms with Crippen molar-refractivity contribution in [3.05, 3.63) is 34.9 Å². The molecule has 0 spiro atoms. The third-order valence-electron chi connectivity index (χ3n) is 2.21. The Morgan fingerprint density at radius 1 is 1.25 bits per heavy atom. The molecule has 0 aliphatic rings. The van der Waals surface area contributed by atoms with Crippen LogP contribution in [0.15, 0.2) is 18.2 Å². The molecule has 20 heavy (non-hydrogen) atoms. The Labute approximate surface area is 121 Å². The highest BCUT2D eigenvalue weighted by Crippen LogP contribution is 2.11. The van der Waals surface area contributed by atoms with Gasteiger partial charge in [0, 0.05) is 17.7 Å². The van der Waals surface area contributed by atoms with Crippen LogP contribution in [-0.2, 0) is 4.79 Å². The topological polar surface area (TPSA) is 63.2 Å². The molecular formula is C16H25NO3. The van der Waals surface area contributed by atoms with Crippen molar-refractivity contribution in [3.8, 4) is 0 Å². The summed E-state index contributed by atoms with van der Waals surface area (Å²) in [5.41, 5.74) is 2.09. The van der Waals surface area contributed by atoms with E-state index in [1.807, 2.05) is 27.7 Å². The molecule has 0 saturated carbocycles. The smallest absolute Gasteiger partial charge is 0.251 e. The first-order valence-electron chi connectivity index (χ1n) is 6.77. The molecule has 0 unspecified atom stereocenters. The number of aldehydes is 1. The highest BCUT2D eigenvalue weighted by molar-refractivity contribution is 5.98. The van der Waals surface area contributed by atoms with Crippen LogP contribution >= 0.6 is 0 Å². The van der Waals surface area contributed by atoms with Crippen LogP contribution in [-0.4, -0.2) is 24.5 Å². The molecule has 0 radical (unpaired) electrons. The van der Waals surface area contributed by atoms with E-state index in [0.29, 0.717) is 17.7 Å². The number of hydrogen-bond donors (Lipinski definition) is 1. The van der Waals surface area contributed by atoms with E-state index in [0.717, 1.165) is 11.8 Å². The van der Waals surface area contributed by atoms with Crippen LogP contribution in [0.2, 0.25) is 0 Å². The molecule has 0 bridgehead atoms. The number of aryl methyl sites for hydroxylation is 1. The summed E-state index contributed by atoms with van der Waals surface area (Å²) < 4.78 is 0. The first kappa shape index (κ1) is 20.3. The summed E-state index contributed by atoms with van der Waals surface area (Å²) in [5.74, 6) is -0.0781. The monoisotopic (exact) mass is 279 g/mol. The predicted octanol–water partition coefficient (Wildman–Crippen LogP) is 3.18. The van der Waals surface area contributed by atoms with E-state index in [4.69, 9.17) is 4.79 Å². The molecule has 1 aromatic rings. The van der Waals surface area contributed by atoms with Crippen LogP contribution in [0.5, 0.6) is 0 Å². The summed E-state index contributed by atoms with van der Waals surface area (Å²) in [7, 11) is 0. The zero-order valence-electron chi connectivity index (χ0n) is 13.2. The van der Waals surface area contributed by atoms with Crippen LogP contribution in [0, 0.1) is 6.92 Å². The highest BCUT2D eigenvalue weighted by Gasteiger charge is 2.09. The number of Topliss-reactive ketones (excluding diaryl/α,β-unsaturated/α-hetero) is 1. The zero-order chi connectivity index (χ0) is 16.1. The minimum atomic E-state index is -0.0925. The molecule has 0 saturated heterocycles. The van der Waals surface area contributed by atoms with Gasteiger partial charge >= 0.3 is 0 Å². The number of carbonyl (C=O) groups excluding carboxylic acids is 3. The highest BCUT2D eigenvalue weighted by atomic mass is 16.1. The maximum absolute atomic E-state index is 11.6. The number of hydrogen-bond acceptors (Lipinski definition) is 3. The van der Waals surface area contributed by atoms with Gasteiger partial charge in [0.25, 0.3) is 5.91 Å². The van der Waals surface area contributed by atoms with Crippen molar-refractivity contribution in [2.24, 2.45) is 0 Å². The molecule has 0 aliphatic heterocycles. The van der Waals surface area contributed by atoms with E-state index in [1.54, 1.807) is 18.2 Å². The van der Waals surface area contributed by atoms with Crippen LogP contribution in [0.4, 0.5) is 0 Å². The maximum Gasteiger partial charge on any atom is 0.251 e. The van der Waals surface area contributed by atoms with Crippen LogP contribution in [0.1, 0.15) is 60.9 Å². The van der Waals surface area contributed by atoms with Gasteiger partial charge in [0.1, 0.15) is 6.29 Å². The second-order valence-corrected chi connectivity index (χ2v) is 3.68. The van der Waals surface area contributed by atoms with Crippen molar-refractivity contribution in [3.63, 3.8) is 0 Å². The molecule has 0 fully saturated rings. The number of nitrogens with one attached hydrogen (secondary N) is 1. The summed E-state index contributed by atoms with van der Waals surface area (Å²) in [4.78, 5) is 31.5. The Morgan fingerprint density at radius 3 is 2.10 bits per heavy atom. The lowest BCUT2D eigenvalue weighted by Crippen LogP contribution is -2.23. The van der Waals surface area contributed by atoms with E-state index in [-0.39, 0.29) is 11.7 Å². The molecule has 0 heterocycles. The lowest BCUT2D eigenvalue weighted by Gasteiger charge is -2.06. The van der Waals surface area contributed by atoms with Crippen molar-refractivity contribution in [2.75, 3.05) is 6.54 Å². The van der Waals surface area contributed by atoms with Crippen LogP contribution in [0.25, 0.3) is 0 Å². The fraction of sp³-hybridized carbons (Fsp3) is 0.438. The second kappa shape index (κ2) is 12.1. The predicted molar refractivity (Wildman–Crippen MR) is 82.3 cm³/mol. The summed E-state index contributed by atoms with van der Waals surface area (Å²) >= 11 is 0. The molecule has 4 heteroatoms. The van der Waals surface area contributed by atoms with Crippen molar-refractivity contribution in [2.45, 2.75) is 41.5 Å². The van der Waals surface area contributed by atoms with E-state index in [1.165, 1.54) is 13.8 Å². The molecule has 1 rings (SSSR count). The molecule has 1 amide bonds. The summed E-state index contributed by atoms with van der Waals surface area (Å²) in [6.45, 7) is 11.3. The summed E-state index contributed by atoms with van der Waals surface area (Å²) in [6.07, 6.45) is 0.750. The van der Waals surface area contributed by atoms with E-state index < -0.39 is 0 Å². The number of ketones is 1. The average Bonchev–Trinajstić information content (AvgIpc) is 2.41. The molecule has 0 aromatic heterocycles. The lowest BCUT2D eigenvalue weighted by molar-refractivity contribution is -0.106. The lowest BCUT2D eigenvalue weighted by atomic mass is 10.0. The fourth-order valence-electron chi connectivity index (χ4n) is 1.39. The fourth-order valence-corrected chi connectivity index (χ4v) is 1.39. The third-order valence-corrected chi connectivity index (χ3v) is 2.21. The molecule has 1 aromatic carbocycles. The van der Waals surface area contributed by atoms with E-state index in [2.05, 4.69) is 5.32 Å². The van der Waals surface area contributed by atoms with Gasteiger partial charge in [0.15, 0.2) is 5.78 Å². The van der Waals surface area contributed by atoms with Gasteiger partial charge in [-0.3, -0.25) is 9.59 Å². The van der Waals surface area contributed by atoms with E-state index in [9.17, 15) is 9.59 Å². The number of benzene rings is 1. The summed E-state index contributed by atoms with van der Waals surface area (Å²) in [5, 5.41) is 2.73. The standard InChI is InChI=1S/C12H15NO2.C2H4O.C2H6/c1-4-13-12(15)11-6-5-10(9(3)14)7-8(11)2;1-2-3;1-2/h5-7H,4H2,1-3H3,(H,13,15);2H,1H3;1-2H3. The SMILES string of the molecule is CC.CC=O.CCNC(=O)c1ccc(C(C)=O)cc1C. The van der Waals surface area contributed by atoms with Gasteiger partial charge in [-0.2, -0.15) is 0 Å². The van der Waals surface area contributed by atoms with Gasteiger partial charge in [-0.1, -0.05) is 19.9 Å². The average molecular weight is 279 g/mol. The molecule has 112 valence electrons. The third kappa shape index (κ3) is 7.46. The Hall–Kier alpha value is -1.97. The molecule has 1 N–H and O–H groups in total. The molecule has 4 nitrogen and oxygen atoms in total. The van der Waals surface area contributed by atoms with Crippen molar-refractivity contribution < 1.29 is 14.4 Å². The van der Waals surface area contributed by atoms with Gasteiger partial charge < -0.3 is 10.1 Å². The van der Waals surface area contributed by atoms with Gasteiger partial charge in [-0.25, -0.2) is 0 Å². The zero-order valence-corrected chi connectivity index (χ0v) is 13.2. The number of rotatable bonds is 3. The number of carbonyl (C=O) groups is 3. The largest absolute Gasteiger partial charge is 0.352 e. The quantitative estimate of drug-likeness (QED) is 0.682. The van der Waals surface area contributed by atoms with Gasteiger partial charge in [-0.05, 0) is 45.4 Å². The molecule has 0 atom stereocenters. The van der Waals surface area contributed by atoms with Crippen molar-refractivity contribution in [1.82, 2.24) is 5.32 Å². The Balaban J connectivity index is 0. The minimum absolute atomic E-state index is 0.0144. The van der Waals surface area contributed by atoms with Gasteiger partial charge in [-0.15, -0.1) is 0 Å². The van der Waals surface area contributed by atoms with Crippen LogP contribution < -0.4 is 5.32 Å². The molecule has 0 aliphatic carbocycles. The summed E-state index contributed by atoms with van der Waals surface area (Å²) in [6, 6.07) is 5.11. The van der Waals surface area contributed by atoms with E-state index >= 15 is 0 Å². The second-order valence-electron chi connectivity index (χ2n) is 3.68. The van der Waals surface area contributed by atoms with Crippen molar-refractivity contribution in [1.29, 1.82) is 0 Å². The van der Waals surface area contributed by atoms with Gasteiger partial charge in [0.2, 0.25) is 0 Å². The van der Waals surface area contributed by atoms with Crippen LogP contribution in [0.3, 0.4) is 0 Å². The first-order chi connectivity index (χ1) is 9.47. The minimum Gasteiger partial charge on any atom is -0.352 e. The normalized spacial score (nSPS) is 8.30. The first-order valence-corrected chi connectivity index (χ1v) is 6.77. The maximum atomic E-state index is 11.6. The number of amides is 1. The van der Waals surface area contributed by atoms with Gasteiger partial charge in [0.05, 0.1) is 0 Å². The Bertz CT molecular complexity index is 439. The van der Waals surface area contributed by atoms with Crippen molar-refractivity contribution >= 4 is 18.0 Å². The Morgan fingerprint density at radius 2 is 1.75 bits per heavy atom. The molecular weight excluding hydrogens is 254 g/mol. The Kier molecular flexibility index (Phi) is 12.3.